The van der Waals surface area contributed by atoms with Gasteiger partial charge < -0.3 is 10.1 Å². The molecule has 22 heavy (non-hydrogen) atoms. The van der Waals surface area contributed by atoms with E-state index in [1.807, 2.05) is 12.1 Å². The molecule has 0 bridgehead atoms. The number of rotatable bonds is 4. The molecular formula is C18H18FNO2. The second-order valence-corrected chi connectivity index (χ2v) is 5.57. The van der Waals surface area contributed by atoms with Crippen LogP contribution in [0.25, 0.3) is 0 Å². The van der Waals surface area contributed by atoms with Crippen molar-refractivity contribution < 1.29 is 13.9 Å². The van der Waals surface area contributed by atoms with Crippen LogP contribution in [0.5, 0.6) is 5.75 Å². The zero-order valence-corrected chi connectivity index (χ0v) is 12.4. The highest BCUT2D eigenvalue weighted by Crippen LogP contribution is 2.45. The number of hydrogen-bond donors (Lipinski definition) is 1. The Morgan fingerprint density at radius 1 is 1.14 bits per heavy atom. The number of hydrogen-bond acceptors (Lipinski definition) is 2. The third-order valence-electron chi connectivity index (χ3n) is 4.39. The average molecular weight is 299 g/mol. The number of benzene rings is 2. The van der Waals surface area contributed by atoms with Crippen LogP contribution in [-0.2, 0) is 10.2 Å². The van der Waals surface area contributed by atoms with E-state index in [1.165, 1.54) is 6.07 Å². The molecule has 0 atom stereocenters. The van der Waals surface area contributed by atoms with E-state index in [4.69, 9.17) is 4.74 Å². The van der Waals surface area contributed by atoms with Crippen molar-refractivity contribution in [1.82, 2.24) is 0 Å². The Balaban J connectivity index is 1.91. The van der Waals surface area contributed by atoms with Gasteiger partial charge in [0.15, 0.2) is 0 Å². The summed E-state index contributed by atoms with van der Waals surface area (Å²) in [6.45, 7) is 0. The normalized spacial score (nSPS) is 15.7. The first-order chi connectivity index (χ1) is 10.7. The Labute approximate surface area is 129 Å². The molecule has 0 aliphatic heterocycles. The maximum Gasteiger partial charge on any atom is 0.235 e. The van der Waals surface area contributed by atoms with Gasteiger partial charge in [-0.2, -0.15) is 0 Å². The van der Waals surface area contributed by atoms with Gasteiger partial charge in [0.25, 0.3) is 0 Å². The molecule has 0 spiro atoms. The van der Waals surface area contributed by atoms with Gasteiger partial charge in [-0.3, -0.25) is 4.79 Å². The van der Waals surface area contributed by atoms with E-state index >= 15 is 0 Å². The quantitative estimate of drug-likeness (QED) is 0.930. The van der Waals surface area contributed by atoms with Crippen LogP contribution in [0.3, 0.4) is 0 Å². The van der Waals surface area contributed by atoms with Crippen molar-refractivity contribution in [3.63, 3.8) is 0 Å². The standard InChI is InChI=1S/C18H18FNO2/c1-22-16-10-5-4-9-15(16)20-17(21)18(11-6-12-18)13-7-2-3-8-14(13)19/h2-5,7-10H,6,11-12H2,1H3,(H,20,21). The van der Waals surface area contributed by atoms with Gasteiger partial charge in [0.1, 0.15) is 11.6 Å². The summed E-state index contributed by atoms with van der Waals surface area (Å²) in [5.74, 6) is 0.101. The third-order valence-corrected chi connectivity index (χ3v) is 4.39. The van der Waals surface area contributed by atoms with Gasteiger partial charge in [-0.15, -0.1) is 0 Å². The minimum atomic E-state index is -0.772. The Morgan fingerprint density at radius 3 is 2.45 bits per heavy atom. The highest BCUT2D eigenvalue weighted by atomic mass is 19.1. The monoisotopic (exact) mass is 299 g/mol. The fourth-order valence-corrected chi connectivity index (χ4v) is 2.99. The molecule has 1 N–H and O–H groups in total. The summed E-state index contributed by atoms with van der Waals surface area (Å²) in [5.41, 5.74) is 0.318. The summed E-state index contributed by atoms with van der Waals surface area (Å²) in [5, 5.41) is 2.90. The van der Waals surface area contributed by atoms with E-state index in [9.17, 15) is 9.18 Å². The van der Waals surface area contributed by atoms with Crippen LogP contribution in [-0.4, -0.2) is 13.0 Å². The van der Waals surface area contributed by atoms with E-state index in [0.717, 1.165) is 6.42 Å². The molecule has 3 rings (SSSR count). The van der Waals surface area contributed by atoms with E-state index in [2.05, 4.69) is 5.32 Å². The molecule has 0 unspecified atom stereocenters. The molecule has 0 heterocycles. The molecule has 1 aliphatic rings. The molecule has 4 heteroatoms. The molecular weight excluding hydrogens is 281 g/mol. The Morgan fingerprint density at radius 2 is 1.82 bits per heavy atom. The minimum Gasteiger partial charge on any atom is -0.495 e. The van der Waals surface area contributed by atoms with Gasteiger partial charge in [-0.1, -0.05) is 36.8 Å². The maximum absolute atomic E-state index is 14.1. The van der Waals surface area contributed by atoms with Crippen molar-refractivity contribution in [3.05, 3.63) is 59.9 Å². The van der Waals surface area contributed by atoms with Crippen LogP contribution in [0.1, 0.15) is 24.8 Å². The van der Waals surface area contributed by atoms with Crippen LogP contribution in [0.15, 0.2) is 48.5 Å². The van der Waals surface area contributed by atoms with Crippen molar-refractivity contribution >= 4 is 11.6 Å². The number of carbonyl (C=O) groups excluding carboxylic acids is 1. The van der Waals surface area contributed by atoms with Gasteiger partial charge in [-0.25, -0.2) is 4.39 Å². The van der Waals surface area contributed by atoms with Crippen molar-refractivity contribution in [3.8, 4) is 5.75 Å². The van der Waals surface area contributed by atoms with Crippen molar-refractivity contribution in [2.75, 3.05) is 12.4 Å². The van der Waals surface area contributed by atoms with Gasteiger partial charge in [0, 0.05) is 5.56 Å². The largest absolute Gasteiger partial charge is 0.495 e. The molecule has 1 aliphatic carbocycles. The van der Waals surface area contributed by atoms with Crippen molar-refractivity contribution in [2.24, 2.45) is 0 Å². The van der Waals surface area contributed by atoms with Crippen molar-refractivity contribution in [1.29, 1.82) is 0 Å². The predicted octanol–water partition coefficient (Wildman–Crippen LogP) is 3.89. The summed E-state index contributed by atoms with van der Waals surface area (Å²) in [6.07, 6.45) is 2.25. The number of methoxy groups -OCH3 is 1. The summed E-state index contributed by atoms with van der Waals surface area (Å²) in [4.78, 5) is 12.8. The first-order valence-corrected chi connectivity index (χ1v) is 7.37. The first kappa shape index (κ1) is 14.6. The van der Waals surface area contributed by atoms with E-state index < -0.39 is 5.41 Å². The van der Waals surface area contributed by atoms with Gasteiger partial charge >= 0.3 is 0 Å². The van der Waals surface area contributed by atoms with Crippen LogP contribution < -0.4 is 10.1 Å². The van der Waals surface area contributed by atoms with Crippen LogP contribution >= 0.6 is 0 Å². The number of para-hydroxylation sites is 2. The lowest BCUT2D eigenvalue weighted by molar-refractivity contribution is -0.124. The molecule has 1 amide bonds. The van der Waals surface area contributed by atoms with Gasteiger partial charge in [-0.05, 0) is 31.0 Å². The zero-order valence-electron chi connectivity index (χ0n) is 12.4. The van der Waals surface area contributed by atoms with E-state index in [1.54, 1.807) is 37.4 Å². The lowest BCUT2D eigenvalue weighted by Gasteiger charge is -2.40. The second kappa shape index (κ2) is 5.79. The SMILES string of the molecule is COc1ccccc1NC(=O)C1(c2ccccc2F)CCC1. The smallest absolute Gasteiger partial charge is 0.235 e. The molecule has 0 saturated heterocycles. The molecule has 1 fully saturated rings. The number of carbonyl (C=O) groups is 1. The molecule has 2 aromatic carbocycles. The summed E-state index contributed by atoms with van der Waals surface area (Å²) < 4.78 is 19.4. The number of ether oxygens (including phenoxy) is 1. The molecule has 2 aromatic rings. The molecule has 1 saturated carbocycles. The topological polar surface area (TPSA) is 38.3 Å². The fourth-order valence-electron chi connectivity index (χ4n) is 2.99. The number of amides is 1. The molecule has 0 aromatic heterocycles. The summed E-state index contributed by atoms with van der Waals surface area (Å²) in [6, 6.07) is 13.8. The van der Waals surface area contributed by atoms with Crippen LogP contribution in [0.4, 0.5) is 10.1 Å². The molecule has 0 radical (unpaired) electrons. The van der Waals surface area contributed by atoms with E-state index in [-0.39, 0.29) is 11.7 Å². The molecule has 3 nitrogen and oxygen atoms in total. The highest BCUT2D eigenvalue weighted by Gasteiger charge is 2.47. The van der Waals surface area contributed by atoms with Gasteiger partial charge in [0.2, 0.25) is 5.91 Å². The fraction of sp³-hybridized carbons (Fsp3) is 0.278. The molecule has 114 valence electrons. The third kappa shape index (κ3) is 2.34. The lowest BCUT2D eigenvalue weighted by atomic mass is 9.63. The summed E-state index contributed by atoms with van der Waals surface area (Å²) >= 11 is 0. The predicted molar refractivity (Wildman–Crippen MR) is 83.6 cm³/mol. The number of halogens is 1. The Bertz CT molecular complexity index is 695. The van der Waals surface area contributed by atoms with Crippen LogP contribution in [0.2, 0.25) is 0 Å². The lowest BCUT2D eigenvalue weighted by Crippen LogP contribution is -2.46. The summed E-state index contributed by atoms with van der Waals surface area (Å²) in [7, 11) is 1.56. The number of nitrogens with one attached hydrogen (secondary N) is 1. The minimum absolute atomic E-state index is 0.173. The van der Waals surface area contributed by atoms with Crippen molar-refractivity contribution in [2.45, 2.75) is 24.7 Å². The second-order valence-electron chi connectivity index (χ2n) is 5.57. The number of anilines is 1. The highest BCUT2D eigenvalue weighted by molar-refractivity contribution is 6.00. The average Bonchev–Trinajstić information content (AvgIpc) is 2.48. The van der Waals surface area contributed by atoms with Gasteiger partial charge in [0.05, 0.1) is 18.2 Å². The first-order valence-electron chi connectivity index (χ1n) is 7.37. The maximum atomic E-state index is 14.1. The van der Waals surface area contributed by atoms with Crippen LogP contribution in [0, 0.1) is 5.82 Å². The Kier molecular flexibility index (Phi) is 3.84. The van der Waals surface area contributed by atoms with E-state index in [0.29, 0.717) is 29.8 Å². The Hall–Kier alpha value is -2.36. The zero-order chi connectivity index (χ0) is 15.6.